The number of hydrogen-bond acceptors (Lipinski definition) is 1. The molecule has 11 heavy (non-hydrogen) atoms. The molecule has 2 rings (SSSR count). The Morgan fingerprint density at radius 3 is 3.27 bits per heavy atom. The summed E-state index contributed by atoms with van der Waals surface area (Å²) < 4.78 is 0. The first-order chi connectivity index (χ1) is 5.40. The maximum atomic E-state index is 4.26. The third kappa shape index (κ3) is 1.14. The van der Waals surface area contributed by atoms with Crippen LogP contribution >= 0.6 is 8.58 Å². The maximum absolute atomic E-state index is 4.26. The lowest BCUT2D eigenvalue weighted by Gasteiger charge is -1.94. The molecule has 0 amide bonds. The van der Waals surface area contributed by atoms with Crippen LogP contribution in [0.3, 0.4) is 0 Å². The molecule has 2 nitrogen and oxygen atoms in total. The van der Waals surface area contributed by atoms with Gasteiger partial charge in [0.25, 0.3) is 0 Å². The van der Waals surface area contributed by atoms with Gasteiger partial charge in [-0.3, -0.25) is 0 Å². The number of nitrogens with zero attached hydrogens (tertiary/aromatic N) is 1. The van der Waals surface area contributed by atoms with Gasteiger partial charge in [-0.25, -0.2) is 4.98 Å². The quantitative estimate of drug-likeness (QED) is 0.635. The molecule has 0 aliphatic rings. The first-order valence-electron chi connectivity index (χ1n) is 3.51. The summed E-state index contributed by atoms with van der Waals surface area (Å²) in [4.78, 5) is 7.33. The second kappa shape index (κ2) is 2.63. The molecule has 1 N–H and O–H groups in total. The molecule has 2 aromatic heterocycles. The number of hydrogen-bond donors (Lipinski definition) is 1. The van der Waals surface area contributed by atoms with Crippen molar-refractivity contribution in [3.63, 3.8) is 0 Å². The van der Waals surface area contributed by atoms with Gasteiger partial charge in [-0.1, -0.05) is 8.58 Å². The van der Waals surface area contributed by atoms with Crippen molar-refractivity contribution in [2.75, 3.05) is 6.66 Å². The van der Waals surface area contributed by atoms with E-state index in [1.54, 1.807) is 0 Å². The highest BCUT2D eigenvalue weighted by atomic mass is 31.1. The molecule has 0 aromatic carbocycles. The molecule has 1 unspecified atom stereocenters. The van der Waals surface area contributed by atoms with Gasteiger partial charge < -0.3 is 4.98 Å². The zero-order valence-electron chi connectivity index (χ0n) is 6.26. The fourth-order valence-corrected chi connectivity index (χ4v) is 1.57. The Bertz CT molecular complexity index is 367. The van der Waals surface area contributed by atoms with E-state index in [0.717, 1.165) is 14.2 Å². The Labute approximate surface area is 66.8 Å². The number of aromatic amines is 1. The molecule has 0 aliphatic carbocycles. The summed E-state index contributed by atoms with van der Waals surface area (Å²) in [5, 5.41) is 2.52. The van der Waals surface area contributed by atoms with E-state index in [1.807, 2.05) is 18.5 Å². The van der Waals surface area contributed by atoms with Gasteiger partial charge in [-0.05, 0) is 24.1 Å². The minimum absolute atomic E-state index is 0.829. The maximum Gasteiger partial charge on any atom is 0.137 e. The van der Waals surface area contributed by atoms with Crippen LogP contribution in [0.1, 0.15) is 0 Å². The molecular formula is C8H9N2P. The van der Waals surface area contributed by atoms with Crippen LogP contribution < -0.4 is 5.30 Å². The molecular weight excluding hydrogens is 155 g/mol. The van der Waals surface area contributed by atoms with Gasteiger partial charge >= 0.3 is 0 Å². The average molecular weight is 164 g/mol. The summed E-state index contributed by atoms with van der Waals surface area (Å²) in [6.07, 6.45) is 3.84. The lowest BCUT2D eigenvalue weighted by Crippen LogP contribution is -1.93. The van der Waals surface area contributed by atoms with Crippen LogP contribution in [0.25, 0.3) is 11.0 Å². The molecule has 3 heteroatoms. The molecule has 0 saturated heterocycles. The van der Waals surface area contributed by atoms with Gasteiger partial charge in [0.2, 0.25) is 0 Å². The number of H-pyrrole nitrogens is 1. The Hall–Kier alpha value is -0.880. The number of nitrogens with one attached hydrogen (secondary N) is 1. The highest BCUT2D eigenvalue weighted by molar-refractivity contribution is 7.46. The highest BCUT2D eigenvalue weighted by Gasteiger charge is 1.95. The molecule has 2 heterocycles. The summed E-state index contributed by atoms with van der Waals surface area (Å²) in [6, 6.07) is 4.23. The van der Waals surface area contributed by atoms with Crippen molar-refractivity contribution in [3.05, 3.63) is 24.5 Å². The van der Waals surface area contributed by atoms with Gasteiger partial charge in [0.05, 0.1) is 0 Å². The lowest BCUT2D eigenvalue weighted by molar-refractivity contribution is 1.34. The number of aromatic nitrogens is 2. The molecule has 0 bridgehead atoms. The fourth-order valence-electron chi connectivity index (χ4n) is 1.08. The van der Waals surface area contributed by atoms with E-state index in [2.05, 4.69) is 22.7 Å². The SMILES string of the molecule is CPc1cnc2[nH]ccc2c1. The van der Waals surface area contributed by atoms with Crippen molar-refractivity contribution in [1.29, 1.82) is 0 Å². The molecule has 0 radical (unpaired) electrons. The van der Waals surface area contributed by atoms with Crippen LogP contribution in [0.2, 0.25) is 0 Å². The van der Waals surface area contributed by atoms with Crippen LogP contribution in [0.15, 0.2) is 24.5 Å². The van der Waals surface area contributed by atoms with E-state index in [1.165, 1.54) is 10.7 Å². The first kappa shape index (κ1) is 6.81. The van der Waals surface area contributed by atoms with Gasteiger partial charge in [-0.2, -0.15) is 0 Å². The van der Waals surface area contributed by atoms with Crippen molar-refractivity contribution in [2.24, 2.45) is 0 Å². The summed E-state index contributed by atoms with van der Waals surface area (Å²) >= 11 is 0. The van der Waals surface area contributed by atoms with Crippen molar-refractivity contribution >= 4 is 24.9 Å². The van der Waals surface area contributed by atoms with Crippen molar-refractivity contribution in [1.82, 2.24) is 9.97 Å². The van der Waals surface area contributed by atoms with E-state index >= 15 is 0 Å². The lowest BCUT2D eigenvalue weighted by atomic mass is 10.3. The van der Waals surface area contributed by atoms with Gasteiger partial charge in [0.1, 0.15) is 5.65 Å². The number of rotatable bonds is 1. The van der Waals surface area contributed by atoms with E-state index in [-0.39, 0.29) is 0 Å². The topological polar surface area (TPSA) is 28.7 Å². The third-order valence-corrected chi connectivity index (χ3v) is 2.54. The van der Waals surface area contributed by atoms with E-state index in [0.29, 0.717) is 0 Å². The first-order valence-corrected chi connectivity index (χ1v) is 5.01. The Morgan fingerprint density at radius 2 is 2.45 bits per heavy atom. The van der Waals surface area contributed by atoms with Crippen molar-refractivity contribution in [3.8, 4) is 0 Å². The molecule has 0 saturated carbocycles. The van der Waals surface area contributed by atoms with Gasteiger partial charge in [0.15, 0.2) is 0 Å². The van der Waals surface area contributed by atoms with Crippen LogP contribution in [0.5, 0.6) is 0 Å². The van der Waals surface area contributed by atoms with Gasteiger partial charge in [-0.15, -0.1) is 0 Å². The number of fused-ring (bicyclic) bond motifs is 1. The van der Waals surface area contributed by atoms with Crippen molar-refractivity contribution in [2.45, 2.75) is 0 Å². The molecule has 56 valence electrons. The summed E-state index contributed by atoms with van der Waals surface area (Å²) in [5.74, 6) is 0. The van der Waals surface area contributed by atoms with E-state index in [9.17, 15) is 0 Å². The largest absolute Gasteiger partial charge is 0.346 e. The molecule has 1 atom stereocenters. The predicted molar refractivity (Wildman–Crippen MR) is 50.0 cm³/mol. The predicted octanol–water partition coefficient (Wildman–Crippen LogP) is 1.50. The normalized spacial score (nSPS) is 11.7. The van der Waals surface area contributed by atoms with Crippen LogP contribution in [0.4, 0.5) is 0 Å². The molecule has 0 aliphatic heterocycles. The van der Waals surface area contributed by atoms with Crippen LogP contribution in [-0.2, 0) is 0 Å². The molecule has 0 spiro atoms. The molecule has 2 aromatic rings. The minimum atomic E-state index is 0.829. The van der Waals surface area contributed by atoms with E-state index in [4.69, 9.17) is 0 Å². The van der Waals surface area contributed by atoms with Gasteiger partial charge in [0, 0.05) is 17.8 Å². The second-order valence-electron chi connectivity index (χ2n) is 2.39. The Morgan fingerprint density at radius 1 is 1.55 bits per heavy atom. The Kier molecular flexibility index (Phi) is 1.63. The van der Waals surface area contributed by atoms with Crippen LogP contribution in [-0.4, -0.2) is 16.6 Å². The van der Waals surface area contributed by atoms with Crippen LogP contribution in [0, 0.1) is 0 Å². The molecule has 0 fully saturated rings. The zero-order valence-corrected chi connectivity index (χ0v) is 7.26. The standard InChI is InChI=1S/C8H9N2P/c1-11-7-4-6-2-3-9-8(6)10-5-7/h2-5,11H,1H3,(H,9,10). The zero-order chi connectivity index (χ0) is 7.68. The minimum Gasteiger partial charge on any atom is -0.346 e. The highest BCUT2D eigenvalue weighted by Crippen LogP contribution is 2.10. The number of pyridine rings is 1. The summed E-state index contributed by atoms with van der Waals surface area (Å²) in [5.41, 5.74) is 0.979. The summed E-state index contributed by atoms with van der Waals surface area (Å²) in [6.45, 7) is 2.16. The monoisotopic (exact) mass is 164 g/mol. The fraction of sp³-hybridized carbons (Fsp3) is 0.125. The third-order valence-electron chi connectivity index (χ3n) is 1.69. The van der Waals surface area contributed by atoms with E-state index < -0.39 is 0 Å². The Balaban J connectivity index is 2.67. The summed E-state index contributed by atoms with van der Waals surface area (Å²) in [7, 11) is 0.829. The smallest absolute Gasteiger partial charge is 0.137 e. The van der Waals surface area contributed by atoms with Crippen molar-refractivity contribution < 1.29 is 0 Å². The average Bonchev–Trinajstić information content (AvgIpc) is 2.50. The second-order valence-corrected chi connectivity index (χ2v) is 3.47.